The number of pyridine rings is 2. The van der Waals surface area contributed by atoms with Gasteiger partial charge in [0, 0.05) is 31.0 Å². The van der Waals surface area contributed by atoms with Gasteiger partial charge in [-0.2, -0.15) is 0 Å². The first kappa shape index (κ1) is 20.7. The highest BCUT2D eigenvalue weighted by molar-refractivity contribution is 5.92. The van der Waals surface area contributed by atoms with E-state index in [0.717, 1.165) is 29.8 Å². The van der Waals surface area contributed by atoms with E-state index in [-0.39, 0.29) is 5.43 Å². The minimum Gasteiger partial charge on any atom is -0.494 e. The molecule has 0 atom stereocenters. The number of hydrogen-bond donors (Lipinski definition) is 1. The summed E-state index contributed by atoms with van der Waals surface area (Å²) in [5.74, 6) is 1.43. The molecule has 0 bridgehead atoms. The zero-order valence-corrected chi connectivity index (χ0v) is 18.0. The van der Waals surface area contributed by atoms with Gasteiger partial charge in [0.25, 0.3) is 0 Å². The van der Waals surface area contributed by atoms with Crippen molar-refractivity contribution in [2.45, 2.75) is 26.8 Å². The predicted molar refractivity (Wildman–Crippen MR) is 127 cm³/mol. The predicted octanol–water partition coefficient (Wildman–Crippen LogP) is 5.14. The second-order valence-electron chi connectivity index (χ2n) is 7.33. The molecule has 1 N–H and O–H groups in total. The van der Waals surface area contributed by atoms with Crippen molar-refractivity contribution in [3.05, 3.63) is 88.8 Å². The minimum absolute atomic E-state index is 0.0147. The number of fused-ring (bicyclic) bond motifs is 1. The normalized spacial score (nSPS) is 10.9. The minimum atomic E-state index is -0.0147. The van der Waals surface area contributed by atoms with E-state index in [1.807, 2.05) is 61.7 Å². The van der Waals surface area contributed by atoms with Crippen molar-refractivity contribution in [1.29, 1.82) is 0 Å². The monoisotopic (exact) mass is 413 g/mol. The fourth-order valence-electron chi connectivity index (χ4n) is 3.80. The van der Waals surface area contributed by atoms with E-state index in [1.54, 1.807) is 6.20 Å². The molecule has 0 saturated heterocycles. The van der Waals surface area contributed by atoms with Crippen LogP contribution in [0.25, 0.3) is 22.0 Å². The van der Waals surface area contributed by atoms with Crippen molar-refractivity contribution < 1.29 is 4.74 Å². The van der Waals surface area contributed by atoms with Gasteiger partial charge in [-0.25, -0.2) is 4.98 Å². The summed E-state index contributed by atoms with van der Waals surface area (Å²) in [6.45, 7) is 6.11. The molecule has 4 aromatic rings. The van der Waals surface area contributed by atoms with Gasteiger partial charge in [-0.15, -0.1) is 0 Å². The Morgan fingerprint density at radius 1 is 1.00 bits per heavy atom. The van der Waals surface area contributed by atoms with E-state index in [9.17, 15) is 4.79 Å². The van der Waals surface area contributed by atoms with E-state index in [4.69, 9.17) is 4.74 Å². The van der Waals surface area contributed by atoms with Crippen molar-refractivity contribution >= 4 is 16.7 Å². The molecule has 0 fully saturated rings. The molecule has 0 radical (unpaired) electrons. The zero-order chi connectivity index (χ0) is 21.6. The smallest absolute Gasteiger partial charge is 0.200 e. The van der Waals surface area contributed by atoms with Gasteiger partial charge in [0.15, 0.2) is 0 Å². The Hall–Kier alpha value is -3.60. The highest BCUT2D eigenvalue weighted by atomic mass is 16.5. The fourth-order valence-corrected chi connectivity index (χ4v) is 3.80. The van der Waals surface area contributed by atoms with Crippen LogP contribution in [0, 0.1) is 0 Å². The molecule has 5 nitrogen and oxygen atoms in total. The number of nitrogens with one attached hydrogen (secondary N) is 1. The average Bonchev–Trinajstić information content (AvgIpc) is 2.81. The zero-order valence-electron chi connectivity index (χ0n) is 18.0. The highest BCUT2D eigenvalue weighted by Crippen LogP contribution is 2.25. The largest absolute Gasteiger partial charge is 0.494 e. The number of nitrogens with zero attached hydrogens (tertiary/aromatic N) is 2. The topological polar surface area (TPSA) is 56.1 Å². The molecule has 0 aliphatic carbocycles. The molecule has 158 valence electrons. The van der Waals surface area contributed by atoms with Crippen molar-refractivity contribution in [3.8, 4) is 16.9 Å². The first-order chi connectivity index (χ1) is 15.2. The van der Waals surface area contributed by atoms with Gasteiger partial charge in [-0.05, 0) is 49.6 Å². The van der Waals surface area contributed by atoms with Crippen LogP contribution in [0.4, 0.5) is 5.82 Å². The molecule has 0 aliphatic rings. The number of anilines is 1. The molecule has 0 spiro atoms. The third-order valence-corrected chi connectivity index (χ3v) is 5.36. The first-order valence-electron chi connectivity index (χ1n) is 10.7. The van der Waals surface area contributed by atoms with Crippen LogP contribution in [0.2, 0.25) is 0 Å². The van der Waals surface area contributed by atoms with Gasteiger partial charge in [-0.3, -0.25) is 4.79 Å². The lowest BCUT2D eigenvalue weighted by molar-refractivity contribution is 0.340. The van der Waals surface area contributed by atoms with E-state index in [1.165, 1.54) is 5.56 Å². The molecule has 0 amide bonds. The summed E-state index contributed by atoms with van der Waals surface area (Å²) in [7, 11) is 0. The fraction of sp³-hybridized carbons (Fsp3) is 0.231. The van der Waals surface area contributed by atoms with Crippen LogP contribution in [0.1, 0.15) is 19.4 Å². The third-order valence-electron chi connectivity index (χ3n) is 5.36. The maximum Gasteiger partial charge on any atom is 0.200 e. The summed E-state index contributed by atoms with van der Waals surface area (Å²) in [4.78, 5) is 18.0. The van der Waals surface area contributed by atoms with Crippen LogP contribution in [0.15, 0.2) is 77.9 Å². The van der Waals surface area contributed by atoms with E-state index in [2.05, 4.69) is 33.9 Å². The lowest BCUT2D eigenvalue weighted by Crippen LogP contribution is -2.16. The molecule has 5 heteroatoms. The SMILES string of the molecule is CCOc1ccc(-c2cn(CC)c3ccnc(NCCc4ccccc4)c3c2=O)cc1. The van der Waals surface area contributed by atoms with Crippen LogP contribution in [0.3, 0.4) is 0 Å². The molecule has 0 aliphatic heterocycles. The second-order valence-corrected chi connectivity index (χ2v) is 7.33. The summed E-state index contributed by atoms with van der Waals surface area (Å²) in [6.07, 6.45) is 4.56. The van der Waals surface area contributed by atoms with Crippen molar-refractivity contribution in [2.75, 3.05) is 18.5 Å². The van der Waals surface area contributed by atoms with E-state index >= 15 is 0 Å². The lowest BCUT2D eigenvalue weighted by atomic mass is 10.0. The quantitative estimate of drug-likeness (QED) is 0.435. The maximum absolute atomic E-state index is 13.5. The van der Waals surface area contributed by atoms with Crippen LogP contribution in [-0.2, 0) is 13.0 Å². The molecule has 0 unspecified atom stereocenters. The summed E-state index contributed by atoms with van der Waals surface area (Å²) in [6, 6.07) is 19.9. The number of rotatable bonds is 8. The highest BCUT2D eigenvalue weighted by Gasteiger charge is 2.14. The summed E-state index contributed by atoms with van der Waals surface area (Å²) >= 11 is 0. The van der Waals surface area contributed by atoms with Crippen molar-refractivity contribution in [2.24, 2.45) is 0 Å². The summed E-state index contributed by atoms with van der Waals surface area (Å²) in [5.41, 5.74) is 3.66. The molecular formula is C26H27N3O2. The van der Waals surface area contributed by atoms with Crippen LogP contribution in [-0.4, -0.2) is 22.7 Å². The van der Waals surface area contributed by atoms with Gasteiger partial charge >= 0.3 is 0 Å². The van der Waals surface area contributed by atoms with Gasteiger partial charge < -0.3 is 14.6 Å². The lowest BCUT2D eigenvalue weighted by Gasteiger charge is -2.15. The van der Waals surface area contributed by atoms with Crippen molar-refractivity contribution in [3.63, 3.8) is 0 Å². The van der Waals surface area contributed by atoms with Gasteiger partial charge in [-0.1, -0.05) is 42.5 Å². The Balaban J connectivity index is 1.72. The molecule has 4 rings (SSSR count). The molecule has 2 aromatic carbocycles. The Bertz CT molecular complexity index is 1220. The second kappa shape index (κ2) is 9.47. The Morgan fingerprint density at radius 3 is 2.48 bits per heavy atom. The van der Waals surface area contributed by atoms with Crippen LogP contribution >= 0.6 is 0 Å². The maximum atomic E-state index is 13.5. The Labute approximate surface area is 182 Å². The van der Waals surface area contributed by atoms with Crippen molar-refractivity contribution in [1.82, 2.24) is 9.55 Å². The Morgan fingerprint density at radius 2 is 1.77 bits per heavy atom. The number of hydrogen-bond acceptors (Lipinski definition) is 4. The van der Waals surface area contributed by atoms with E-state index in [0.29, 0.717) is 29.9 Å². The Kier molecular flexibility index (Phi) is 6.32. The molecular weight excluding hydrogens is 386 g/mol. The van der Waals surface area contributed by atoms with Crippen LogP contribution in [0.5, 0.6) is 5.75 Å². The van der Waals surface area contributed by atoms with Gasteiger partial charge in [0.05, 0.1) is 17.5 Å². The molecule has 2 aromatic heterocycles. The number of aromatic nitrogens is 2. The summed E-state index contributed by atoms with van der Waals surface area (Å²) < 4.78 is 7.64. The first-order valence-corrected chi connectivity index (χ1v) is 10.7. The van der Waals surface area contributed by atoms with Gasteiger partial charge in [0.2, 0.25) is 5.43 Å². The standard InChI is InChI=1S/C26H27N3O2/c1-3-29-18-22(20-10-12-21(13-11-20)31-4-2)25(30)24-23(29)15-17-28-26(24)27-16-14-19-8-6-5-7-9-19/h5-13,15,17-18H,3-4,14,16H2,1-2H3,(H,27,28). The molecule has 2 heterocycles. The average molecular weight is 414 g/mol. The number of benzene rings is 2. The van der Waals surface area contributed by atoms with Crippen LogP contribution < -0.4 is 15.5 Å². The molecule has 0 saturated carbocycles. The number of aryl methyl sites for hydroxylation is 1. The third kappa shape index (κ3) is 4.45. The number of ether oxygens (including phenoxy) is 1. The summed E-state index contributed by atoms with van der Waals surface area (Å²) in [5, 5.41) is 4.02. The van der Waals surface area contributed by atoms with E-state index < -0.39 is 0 Å². The van der Waals surface area contributed by atoms with Gasteiger partial charge in [0.1, 0.15) is 11.6 Å². The molecule has 31 heavy (non-hydrogen) atoms.